The minimum Gasteiger partial charge on any atom is -0.351 e. The lowest BCUT2D eigenvalue weighted by Gasteiger charge is -2.16. The second-order valence-electron chi connectivity index (χ2n) is 6.30. The van der Waals surface area contributed by atoms with Crippen molar-refractivity contribution in [3.8, 4) is 0 Å². The van der Waals surface area contributed by atoms with E-state index in [0.29, 0.717) is 5.92 Å². The fourth-order valence-corrected chi connectivity index (χ4v) is 3.18. The molecule has 116 valence electrons. The van der Waals surface area contributed by atoms with Gasteiger partial charge in [-0.2, -0.15) is 0 Å². The summed E-state index contributed by atoms with van der Waals surface area (Å²) in [5.41, 5.74) is 3.56. The predicted octanol–water partition coefficient (Wildman–Crippen LogP) is 3.88. The summed E-state index contributed by atoms with van der Waals surface area (Å²) in [6.07, 6.45) is 9.79. The van der Waals surface area contributed by atoms with Crippen molar-refractivity contribution in [2.45, 2.75) is 57.9 Å². The van der Waals surface area contributed by atoms with Crippen molar-refractivity contribution in [3.05, 3.63) is 47.5 Å². The van der Waals surface area contributed by atoms with E-state index in [1.165, 1.54) is 36.9 Å². The third-order valence-electron chi connectivity index (χ3n) is 4.44. The highest BCUT2D eigenvalue weighted by molar-refractivity contribution is 5.29. The summed E-state index contributed by atoms with van der Waals surface area (Å²) < 4.78 is 0. The van der Waals surface area contributed by atoms with E-state index in [0.717, 1.165) is 18.1 Å². The van der Waals surface area contributed by atoms with Crippen molar-refractivity contribution in [2.24, 2.45) is 0 Å². The lowest BCUT2D eigenvalue weighted by Crippen LogP contribution is -2.21. The SMILES string of the molecule is Cc1cccnc1C[C@H](C)Nc1nccc(C2CCCC2)n1. The number of nitrogens with one attached hydrogen (secondary N) is 1. The van der Waals surface area contributed by atoms with Crippen molar-refractivity contribution in [1.82, 2.24) is 15.0 Å². The first-order valence-electron chi connectivity index (χ1n) is 8.22. The minimum absolute atomic E-state index is 0.257. The van der Waals surface area contributed by atoms with Gasteiger partial charge in [0.05, 0.1) is 0 Å². The minimum atomic E-state index is 0.257. The average molecular weight is 296 g/mol. The Labute approximate surface area is 132 Å². The molecule has 1 aliphatic carbocycles. The number of anilines is 1. The van der Waals surface area contributed by atoms with E-state index in [1.54, 1.807) is 0 Å². The van der Waals surface area contributed by atoms with Gasteiger partial charge in [0, 0.05) is 42.2 Å². The van der Waals surface area contributed by atoms with E-state index in [1.807, 2.05) is 18.5 Å². The monoisotopic (exact) mass is 296 g/mol. The molecule has 0 unspecified atom stereocenters. The number of aromatic nitrogens is 3. The molecule has 0 aromatic carbocycles. The van der Waals surface area contributed by atoms with Gasteiger partial charge in [-0.05, 0) is 44.4 Å². The highest BCUT2D eigenvalue weighted by Gasteiger charge is 2.19. The van der Waals surface area contributed by atoms with Crippen LogP contribution >= 0.6 is 0 Å². The van der Waals surface area contributed by atoms with Crippen molar-refractivity contribution < 1.29 is 0 Å². The van der Waals surface area contributed by atoms with E-state index in [9.17, 15) is 0 Å². The standard InChI is InChI=1S/C18H24N4/c1-13-6-5-10-19-17(13)12-14(2)21-18-20-11-9-16(22-18)15-7-3-4-8-15/h5-6,9-11,14-15H,3-4,7-8,12H2,1-2H3,(H,20,21,22)/t14-/m0/s1. The van der Waals surface area contributed by atoms with Crippen LogP contribution in [0, 0.1) is 6.92 Å². The first-order chi connectivity index (χ1) is 10.7. The maximum Gasteiger partial charge on any atom is 0.223 e. The van der Waals surface area contributed by atoms with Crippen LogP contribution in [0.3, 0.4) is 0 Å². The molecular weight excluding hydrogens is 272 g/mol. The van der Waals surface area contributed by atoms with Crippen LogP contribution in [-0.2, 0) is 6.42 Å². The number of nitrogens with zero attached hydrogens (tertiary/aromatic N) is 3. The van der Waals surface area contributed by atoms with Crippen LogP contribution in [0.4, 0.5) is 5.95 Å². The molecule has 1 fully saturated rings. The molecule has 0 bridgehead atoms. The van der Waals surface area contributed by atoms with Gasteiger partial charge in [0.25, 0.3) is 0 Å². The van der Waals surface area contributed by atoms with Crippen molar-refractivity contribution in [2.75, 3.05) is 5.32 Å². The van der Waals surface area contributed by atoms with Gasteiger partial charge in [0.15, 0.2) is 0 Å². The topological polar surface area (TPSA) is 50.7 Å². The Morgan fingerprint density at radius 2 is 2.00 bits per heavy atom. The quantitative estimate of drug-likeness (QED) is 0.909. The van der Waals surface area contributed by atoms with Crippen molar-refractivity contribution in [3.63, 3.8) is 0 Å². The molecule has 3 rings (SSSR count). The third kappa shape index (κ3) is 3.62. The van der Waals surface area contributed by atoms with Gasteiger partial charge in [-0.25, -0.2) is 9.97 Å². The van der Waals surface area contributed by atoms with Crippen molar-refractivity contribution in [1.29, 1.82) is 0 Å². The first-order valence-corrected chi connectivity index (χ1v) is 8.22. The van der Waals surface area contributed by atoms with Crippen LogP contribution in [0.2, 0.25) is 0 Å². The molecule has 4 heteroatoms. The fourth-order valence-electron chi connectivity index (χ4n) is 3.18. The zero-order valence-electron chi connectivity index (χ0n) is 13.4. The predicted molar refractivity (Wildman–Crippen MR) is 89.0 cm³/mol. The molecule has 1 atom stereocenters. The number of rotatable bonds is 5. The Kier molecular flexibility index (Phi) is 4.66. The molecule has 2 aromatic heterocycles. The molecule has 22 heavy (non-hydrogen) atoms. The summed E-state index contributed by atoms with van der Waals surface area (Å²) >= 11 is 0. The van der Waals surface area contributed by atoms with Crippen LogP contribution in [0.15, 0.2) is 30.6 Å². The Bertz CT molecular complexity index is 620. The highest BCUT2D eigenvalue weighted by Crippen LogP contribution is 2.33. The van der Waals surface area contributed by atoms with Gasteiger partial charge in [-0.3, -0.25) is 4.98 Å². The molecule has 1 aliphatic rings. The summed E-state index contributed by atoms with van der Waals surface area (Å²) in [5.74, 6) is 1.36. The maximum absolute atomic E-state index is 4.72. The Balaban J connectivity index is 1.65. The van der Waals surface area contributed by atoms with Crippen LogP contribution < -0.4 is 5.32 Å². The van der Waals surface area contributed by atoms with Gasteiger partial charge >= 0.3 is 0 Å². The normalized spacial score (nSPS) is 16.6. The van der Waals surface area contributed by atoms with Gasteiger partial charge in [0.2, 0.25) is 5.95 Å². The number of hydrogen-bond acceptors (Lipinski definition) is 4. The number of aryl methyl sites for hydroxylation is 1. The van der Waals surface area contributed by atoms with Crippen LogP contribution in [0.5, 0.6) is 0 Å². The van der Waals surface area contributed by atoms with E-state index in [4.69, 9.17) is 4.98 Å². The highest BCUT2D eigenvalue weighted by atomic mass is 15.1. The molecule has 1 N–H and O–H groups in total. The van der Waals surface area contributed by atoms with E-state index < -0.39 is 0 Å². The average Bonchev–Trinajstić information content (AvgIpc) is 3.04. The molecule has 2 heterocycles. The molecular formula is C18H24N4. The Morgan fingerprint density at radius 1 is 1.18 bits per heavy atom. The molecule has 1 saturated carbocycles. The second kappa shape index (κ2) is 6.86. The van der Waals surface area contributed by atoms with Crippen LogP contribution in [0.25, 0.3) is 0 Å². The van der Waals surface area contributed by atoms with Gasteiger partial charge in [0.1, 0.15) is 0 Å². The summed E-state index contributed by atoms with van der Waals surface area (Å²) in [5, 5.41) is 3.42. The molecule has 4 nitrogen and oxygen atoms in total. The molecule has 0 amide bonds. The van der Waals surface area contributed by atoms with Crippen molar-refractivity contribution >= 4 is 5.95 Å². The lowest BCUT2D eigenvalue weighted by molar-refractivity contribution is 0.689. The molecule has 0 saturated heterocycles. The van der Waals surface area contributed by atoms with Gasteiger partial charge < -0.3 is 5.32 Å². The van der Waals surface area contributed by atoms with Crippen LogP contribution in [0.1, 0.15) is 55.5 Å². The molecule has 0 aliphatic heterocycles. The molecule has 0 radical (unpaired) electrons. The zero-order valence-corrected chi connectivity index (χ0v) is 13.4. The van der Waals surface area contributed by atoms with Gasteiger partial charge in [-0.1, -0.05) is 18.9 Å². The maximum atomic E-state index is 4.72. The number of hydrogen-bond donors (Lipinski definition) is 1. The third-order valence-corrected chi connectivity index (χ3v) is 4.44. The second-order valence-corrected chi connectivity index (χ2v) is 6.30. The van der Waals surface area contributed by atoms with Gasteiger partial charge in [-0.15, -0.1) is 0 Å². The summed E-state index contributed by atoms with van der Waals surface area (Å²) in [6, 6.07) is 6.40. The molecule has 0 spiro atoms. The summed E-state index contributed by atoms with van der Waals surface area (Å²) in [7, 11) is 0. The molecule has 2 aromatic rings. The first kappa shape index (κ1) is 14.9. The zero-order chi connectivity index (χ0) is 15.4. The summed E-state index contributed by atoms with van der Waals surface area (Å²) in [4.78, 5) is 13.5. The fraction of sp³-hybridized carbons (Fsp3) is 0.500. The largest absolute Gasteiger partial charge is 0.351 e. The smallest absolute Gasteiger partial charge is 0.223 e. The lowest BCUT2D eigenvalue weighted by atomic mass is 10.0. The van der Waals surface area contributed by atoms with E-state index >= 15 is 0 Å². The Morgan fingerprint density at radius 3 is 2.77 bits per heavy atom. The van der Waals surface area contributed by atoms with Crippen LogP contribution in [-0.4, -0.2) is 21.0 Å². The van der Waals surface area contributed by atoms with E-state index in [2.05, 4.69) is 41.3 Å². The number of pyridine rings is 1. The van der Waals surface area contributed by atoms with E-state index in [-0.39, 0.29) is 6.04 Å². The summed E-state index contributed by atoms with van der Waals surface area (Å²) in [6.45, 7) is 4.26. The Hall–Kier alpha value is -1.97.